The van der Waals surface area contributed by atoms with Gasteiger partial charge in [-0.3, -0.25) is 14.4 Å². The maximum Gasteiger partial charge on any atom is 0.287 e. The monoisotopic (exact) mass is 480 g/mol. The number of carbonyl (C=O) groups excluding carboxylic acids is 3. The molecule has 0 bridgehead atoms. The second kappa shape index (κ2) is 10.8. The quantitative estimate of drug-likeness (QED) is 0.354. The van der Waals surface area contributed by atoms with Crippen molar-refractivity contribution >= 4 is 17.6 Å². The second-order valence-corrected chi connectivity index (χ2v) is 8.78. The number of nitrogens with one attached hydrogen (secondary N) is 1. The van der Waals surface area contributed by atoms with Gasteiger partial charge in [0.05, 0.1) is 17.4 Å². The van der Waals surface area contributed by atoms with E-state index in [4.69, 9.17) is 5.73 Å². The summed E-state index contributed by atoms with van der Waals surface area (Å²) in [6, 6.07) is 26.0. The number of carbonyl (C=O) groups is 3. The number of rotatable bonds is 9. The normalized spacial score (nSPS) is 11.6. The van der Waals surface area contributed by atoms with Gasteiger partial charge >= 0.3 is 0 Å². The Morgan fingerprint density at radius 1 is 0.889 bits per heavy atom. The van der Waals surface area contributed by atoms with Crippen molar-refractivity contribution in [3.8, 4) is 16.8 Å². The third-order valence-corrected chi connectivity index (χ3v) is 5.94. The summed E-state index contributed by atoms with van der Waals surface area (Å²) in [5, 5.41) is 7.23. The van der Waals surface area contributed by atoms with Crippen molar-refractivity contribution in [2.45, 2.75) is 32.7 Å². The van der Waals surface area contributed by atoms with Gasteiger partial charge < -0.3 is 11.1 Å². The zero-order valence-corrected chi connectivity index (χ0v) is 20.3. The van der Waals surface area contributed by atoms with Gasteiger partial charge in [-0.1, -0.05) is 72.3 Å². The van der Waals surface area contributed by atoms with E-state index >= 15 is 0 Å². The van der Waals surface area contributed by atoms with Crippen LogP contribution >= 0.6 is 0 Å². The highest BCUT2D eigenvalue weighted by molar-refractivity contribution is 6.38. The molecule has 0 aliphatic rings. The lowest BCUT2D eigenvalue weighted by atomic mass is 10.0. The van der Waals surface area contributed by atoms with Gasteiger partial charge in [-0.25, -0.2) is 4.68 Å². The van der Waals surface area contributed by atoms with Crippen LogP contribution in [0.25, 0.3) is 16.8 Å². The van der Waals surface area contributed by atoms with E-state index < -0.39 is 23.6 Å². The summed E-state index contributed by atoms with van der Waals surface area (Å²) in [6.45, 7) is 3.83. The highest BCUT2D eigenvalue weighted by Gasteiger charge is 2.27. The van der Waals surface area contributed by atoms with Gasteiger partial charge in [0.1, 0.15) is 5.69 Å². The predicted molar refractivity (Wildman–Crippen MR) is 139 cm³/mol. The minimum absolute atomic E-state index is 0.244. The van der Waals surface area contributed by atoms with Crippen LogP contribution in [-0.4, -0.2) is 33.4 Å². The van der Waals surface area contributed by atoms with Crippen LogP contribution < -0.4 is 11.1 Å². The molecular formula is C29H28N4O3. The topological polar surface area (TPSA) is 107 Å². The summed E-state index contributed by atoms with van der Waals surface area (Å²) in [7, 11) is 0. The molecule has 4 aromatic rings. The lowest BCUT2D eigenvalue weighted by molar-refractivity contribution is -0.137. The molecule has 0 unspecified atom stereocenters. The third-order valence-electron chi connectivity index (χ3n) is 5.94. The van der Waals surface area contributed by atoms with E-state index in [0.29, 0.717) is 17.8 Å². The van der Waals surface area contributed by atoms with E-state index in [9.17, 15) is 14.4 Å². The number of nitrogens with two attached hydrogens (primary N) is 1. The molecule has 36 heavy (non-hydrogen) atoms. The SMILES string of the molecule is Cc1cccc(-c2cccc(-n3nc(C)cc3C(=O)N[C@@H](CCc3ccccc3)C(=O)C(N)=O)c2)c1. The van der Waals surface area contributed by atoms with Gasteiger partial charge in [-0.05, 0) is 61.6 Å². The van der Waals surface area contributed by atoms with Crippen molar-refractivity contribution in [1.82, 2.24) is 15.1 Å². The Bertz CT molecular complexity index is 1410. The molecule has 7 nitrogen and oxygen atoms in total. The first-order valence-corrected chi connectivity index (χ1v) is 11.7. The zero-order valence-electron chi connectivity index (χ0n) is 20.3. The van der Waals surface area contributed by atoms with Crippen molar-refractivity contribution in [1.29, 1.82) is 0 Å². The van der Waals surface area contributed by atoms with Crippen LogP contribution in [0.5, 0.6) is 0 Å². The molecule has 0 saturated heterocycles. The van der Waals surface area contributed by atoms with Crippen LogP contribution in [0.15, 0.2) is 84.9 Å². The average Bonchev–Trinajstić information content (AvgIpc) is 3.28. The van der Waals surface area contributed by atoms with Crippen molar-refractivity contribution in [2.24, 2.45) is 5.73 Å². The third kappa shape index (κ3) is 5.75. The van der Waals surface area contributed by atoms with Crippen molar-refractivity contribution < 1.29 is 14.4 Å². The fraction of sp³-hybridized carbons (Fsp3) is 0.172. The summed E-state index contributed by atoms with van der Waals surface area (Å²) in [5.41, 5.74) is 11.1. The molecule has 0 fully saturated rings. The van der Waals surface area contributed by atoms with E-state index in [0.717, 1.165) is 22.3 Å². The average molecular weight is 481 g/mol. The van der Waals surface area contributed by atoms with Gasteiger partial charge in [0, 0.05) is 0 Å². The molecule has 0 aliphatic carbocycles. The van der Waals surface area contributed by atoms with Crippen LogP contribution in [0.1, 0.15) is 33.7 Å². The summed E-state index contributed by atoms with van der Waals surface area (Å²) >= 11 is 0. The molecular weight excluding hydrogens is 452 g/mol. The lowest BCUT2D eigenvalue weighted by Gasteiger charge is -2.17. The van der Waals surface area contributed by atoms with Crippen LogP contribution in [0.3, 0.4) is 0 Å². The number of nitrogens with zero attached hydrogens (tertiary/aromatic N) is 2. The molecule has 3 aromatic carbocycles. The molecule has 7 heteroatoms. The number of amides is 2. The van der Waals surface area contributed by atoms with Gasteiger partial charge in [-0.2, -0.15) is 5.10 Å². The number of ketones is 1. The lowest BCUT2D eigenvalue weighted by Crippen LogP contribution is -2.46. The van der Waals surface area contributed by atoms with Gasteiger partial charge in [-0.15, -0.1) is 0 Å². The van der Waals surface area contributed by atoms with E-state index in [1.54, 1.807) is 17.7 Å². The molecule has 1 atom stereocenters. The first-order valence-electron chi connectivity index (χ1n) is 11.7. The molecule has 1 aromatic heterocycles. The van der Waals surface area contributed by atoms with E-state index in [-0.39, 0.29) is 12.1 Å². The summed E-state index contributed by atoms with van der Waals surface area (Å²) in [4.78, 5) is 37.5. The first kappa shape index (κ1) is 24.6. The highest BCUT2D eigenvalue weighted by atomic mass is 16.2. The van der Waals surface area contributed by atoms with Crippen molar-refractivity contribution in [3.05, 3.63) is 107 Å². The Labute approximate surface area is 210 Å². The smallest absolute Gasteiger partial charge is 0.287 e. The number of aryl methyl sites for hydroxylation is 3. The van der Waals surface area contributed by atoms with Gasteiger partial charge in [0.15, 0.2) is 0 Å². The van der Waals surface area contributed by atoms with Crippen molar-refractivity contribution in [2.75, 3.05) is 0 Å². The summed E-state index contributed by atoms with van der Waals surface area (Å²) in [5.74, 6) is -2.42. The Kier molecular flexibility index (Phi) is 7.39. The molecule has 3 N–H and O–H groups in total. The minimum Gasteiger partial charge on any atom is -0.363 e. The Morgan fingerprint density at radius 2 is 1.58 bits per heavy atom. The maximum atomic E-state index is 13.3. The number of hydrogen-bond acceptors (Lipinski definition) is 4. The molecule has 1 heterocycles. The minimum atomic E-state index is -1.08. The molecule has 2 amide bonds. The summed E-state index contributed by atoms with van der Waals surface area (Å²) in [6.07, 6.45) is 0.745. The number of benzene rings is 3. The van der Waals surface area contributed by atoms with Gasteiger partial charge in [0.2, 0.25) is 5.78 Å². The number of Topliss-reactive ketones (excluding diaryl/α,β-unsaturated/α-hetero) is 1. The predicted octanol–water partition coefficient (Wildman–Crippen LogP) is 3.94. The highest BCUT2D eigenvalue weighted by Crippen LogP contribution is 2.24. The Morgan fingerprint density at radius 3 is 2.28 bits per heavy atom. The summed E-state index contributed by atoms with van der Waals surface area (Å²) < 4.78 is 1.55. The maximum absolute atomic E-state index is 13.3. The van der Waals surface area contributed by atoms with Crippen LogP contribution in [-0.2, 0) is 16.0 Å². The number of aromatic nitrogens is 2. The van der Waals surface area contributed by atoms with Crippen LogP contribution in [0, 0.1) is 13.8 Å². The van der Waals surface area contributed by atoms with Crippen LogP contribution in [0.2, 0.25) is 0 Å². The molecule has 4 rings (SSSR count). The second-order valence-electron chi connectivity index (χ2n) is 8.78. The van der Waals surface area contributed by atoms with E-state index in [1.165, 1.54) is 0 Å². The van der Waals surface area contributed by atoms with Crippen molar-refractivity contribution in [3.63, 3.8) is 0 Å². The molecule has 182 valence electrons. The van der Waals surface area contributed by atoms with E-state index in [2.05, 4.69) is 16.5 Å². The fourth-order valence-electron chi connectivity index (χ4n) is 4.13. The largest absolute Gasteiger partial charge is 0.363 e. The molecule has 0 spiro atoms. The fourth-order valence-corrected chi connectivity index (χ4v) is 4.13. The number of hydrogen-bond donors (Lipinski definition) is 2. The zero-order chi connectivity index (χ0) is 25.7. The number of primary amides is 1. The Hall–Kier alpha value is -4.52. The molecule has 0 saturated carbocycles. The first-order chi connectivity index (χ1) is 17.3. The van der Waals surface area contributed by atoms with Crippen LogP contribution in [0.4, 0.5) is 0 Å². The molecule has 0 radical (unpaired) electrons. The van der Waals surface area contributed by atoms with Gasteiger partial charge in [0.25, 0.3) is 11.8 Å². The molecule has 0 aliphatic heterocycles. The Balaban J connectivity index is 1.60. The standard InChI is InChI=1S/C29H28N4O3/c1-19-8-6-11-22(16-19)23-12-7-13-24(18-23)33-26(17-20(2)32-33)29(36)31-25(27(34)28(30)35)15-14-21-9-4-3-5-10-21/h3-13,16-18,25H,14-15H2,1-2H3,(H2,30,35)(H,31,36)/t25-/m0/s1. The van der Waals surface area contributed by atoms with E-state index in [1.807, 2.05) is 79.7 Å².